The second-order valence-electron chi connectivity index (χ2n) is 3.70. The van der Waals surface area contributed by atoms with Crippen LogP contribution in [-0.4, -0.2) is 16.2 Å². The fourth-order valence-corrected chi connectivity index (χ4v) is 1.50. The summed E-state index contributed by atoms with van der Waals surface area (Å²) in [6, 6.07) is 6.96. The van der Waals surface area contributed by atoms with Crippen LogP contribution < -0.4 is 5.32 Å². The van der Waals surface area contributed by atoms with E-state index >= 15 is 0 Å². The summed E-state index contributed by atoms with van der Waals surface area (Å²) in [5, 5.41) is 15.8. The Morgan fingerprint density at radius 3 is 2.94 bits per heavy atom. The number of anilines is 1. The molecule has 0 unspecified atom stereocenters. The molecule has 0 saturated carbocycles. The zero-order valence-electron chi connectivity index (χ0n) is 9.30. The van der Waals surface area contributed by atoms with Crippen LogP contribution in [0.5, 0.6) is 0 Å². The van der Waals surface area contributed by atoms with Gasteiger partial charge in [0.05, 0.1) is 12.1 Å². The number of hydrogen-bond donors (Lipinski definition) is 2. The maximum atomic E-state index is 11.1. The summed E-state index contributed by atoms with van der Waals surface area (Å²) < 4.78 is 4.69. The van der Waals surface area contributed by atoms with Gasteiger partial charge in [0.25, 0.3) is 0 Å². The topological polar surface area (TPSA) is 75.4 Å². The van der Waals surface area contributed by atoms with E-state index in [1.807, 2.05) is 13.0 Å². The summed E-state index contributed by atoms with van der Waals surface area (Å²) in [7, 11) is 0. The monoisotopic (exact) mass is 232 g/mol. The van der Waals surface area contributed by atoms with Crippen molar-refractivity contribution in [3.05, 3.63) is 47.3 Å². The third-order valence-electron chi connectivity index (χ3n) is 2.36. The van der Waals surface area contributed by atoms with E-state index in [1.54, 1.807) is 18.2 Å². The number of carboxylic acids is 1. The first kappa shape index (κ1) is 11.2. The Morgan fingerprint density at radius 2 is 2.29 bits per heavy atom. The van der Waals surface area contributed by atoms with Crippen molar-refractivity contribution in [1.29, 1.82) is 0 Å². The van der Waals surface area contributed by atoms with E-state index in [1.165, 1.54) is 6.26 Å². The summed E-state index contributed by atoms with van der Waals surface area (Å²) >= 11 is 0. The van der Waals surface area contributed by atoms with Crippen LogP contribution in [0.3, 0.4) is 0 Å². The molecule has 0 spiro atoms. The van der Waals surface area contributed by atoms with Crippen molar-refractivity contribution in [1.82, 2.24) is 5.16 Å². The van der Waals surface area contributed by atoms with Gasteiger partial charge in [-0.05, 0) is 19.1 Å². The van der Waals surface area contributed by atoms with Crippen molar-refractivity contribution in [2.75, 3.05) is 5.32 Å². The minimum atomic E-state index is -0.948. The molecule has 0 aliphatic carbocycles. The van der Waals surface area contributed by atoms with Crippen molar-refractivity contribution in [2.45, 2.75) is 13.5 Å². The number of aryl methyl sites for hydroxylation is 1. The second-order valence-corrected chi connectivity index (χ2v) is 3.70. The smallest absolute Gasteiger partial charge is 0.337 e. The molecule has 0 atom stereocenters. The molecule has 0 fully saturated rings. The number of aromatic nitrogens is 1. The highest BCUT2D eigenvalue weighted by molar-refractivity contribution is 5.94. The van der Waals surface area contributed by atoms with Gasteiger partial charge in [-0.3, -0.25) is 0 Å². The van der Waals surface area contributed by atoms with E-state index in [0.717, 1.165) is 11.3 Å². The average molecular weight is 232 g/mol. The van der Waals surface area contributed by atoms with Crippen molar-refractivity contribution >= 4 is 11.7 Å². The van der Waals surface area contributed by atoms with Crippen LogP contribution >= 0.6 is 0 Å². The molecule has 1 aromatic heterocycles. The predicted octanol–water partition coefficient (Wildman–Crippen LogP) is 2.29. The number of rotatable bonds is 4. The molecule has 0 amide bonds. The van der Waals surface area contributed by atoms with Gasteiger partial charge in [0.15, 0.2) is 0 Å². The predicted molar refractivity (Wildman–Crippen MR) is 62.0 cm³/mol. The molecule has 0 bridgehead atoms. The van der Waals surface area contributed by atoms with E-state index < -0.39 is 5.97 Å². The van der Waals surface area contributed by atoms with Crippen LogP contribution in [-0.2, 0) is 6.54 Å². The molecule has 0 aliphatic heterocycles. The van der Waals surface area contributed by atoms with Gasteiger partial charge in [-0.1, -0.05) is 16.8 Å². The molecule has 5 heteroatoms. The Morgan fingerprint density at radius 1 is 1.47 bits per heavy atom. The number of hydrogen-bond acceptors (Lipinski definition) is 4. The number of nitrogens with one attached hydrogen (secondary N) is 1. The number of benzene rings is 1. The number of carboxylic acid groups (broad SMARTS) is 1. The van der Waals surface area contributed by atoms with Gasteiger partial charge in [-0.2, -0.15) is 0 Å². The van der Waals surface area contributed by atoms with Crippen LogP contribution in [0.2, 0.25) is 0 Å². The third kappa shape index (κ3) is 2.63. The Kier molecular flexibility index (Phi) is 3.09. The molecule has 2 aromatic rings. The normalized spacial score (nSPS) is 10.2. The Balaban J connectivity index is 2.17. The molecular formula is C12H12N2O3. The minimum absolute atomic E-state index is 0.258. The maximum absolute atomic E-state index is 11.1. The lowest BCUT2D eigenvalue weighted by Gasteiger charge is -2.08. The molecule has 0 aliphatic rings. The third-order valence-corrected chi connectivity index (χ3v) is 2.36. The van der Waals surface area contributed by atoms with E-state index in [-0.39, 0.29) is 5.56 Å². The summed E-state index contributed by atoms with van der Waals surface area (Å²) in [6.45, 7) is 2.29. The Hall–Kier alpha value is -2.30. The summed E-state index contributed by atoms with van der Waals surface area (Å²) in [5.74, 6) is -0.948. The zero-order chi connectivity index (χ0) is 12.3. The van der Waals surface area contributed by atoms with Gasteiger partial charge < -0.3 is 14.9 Å². The summed E-state index contributed by atoms with van der Waals surface area (Å²) in [4.78, 5) is 11.1. The first-order valence-corrected chi connectivity index (χ1v) is 5.14. The van der Waals surface area contributed by atoms with Crippen LogP contribution in [0.1, 0.15) is 21.6 Å². The van der Waals surface area contributed by atoms with Crippen LogP contribution in [0.25, 0.3) is 0 Å². The van der Waals surface area contributed by atoms with Gasteiger partial charge in [-0.25, -0.2) is 4.79 Å². The van der Waals surface area contributed by atoms with Gasteiger partial charge in [0, 0.05) is 11.8 Å². The highest BCUT2D eigenvalue weighted by Gasteiger charge is 2.10. The number of carbonyl (C=O) groups is 1. The first-order chi connectivity index (χ1) is 8.16. The quantitative estimate of drug-likeness (QED) is 0.845. The minimum Gasteiger partial charge on any atom is -0.478 e. The molecule has 88 valence electrons. The molecule has 2 N–H and O–H groups in total. The lowest BCUT2D eigenvalue weighted by Crippen LogP contribution is -2.06. The van der Waals surface area contributed by atoms with Gasteiger partial charge >= 0.3 is 5.97 Å². The molecule has 0 radical (unpaired) electrons. The van der Waals surface area contributed by atoms with Crippen molar-refractivity contribution in [2.24, 2.45) is 0 Å². The molecule has 1 aromatic carbocycles. The van der Waals surface area contributed by atoms with E-state index in [0.29, 0.717) is 12.2 Å². The lowest BCUT2D eigenvalue weighted by atomic mass is 10.1. The number of nitrogens with zero attached hydrogens (tertiary/aromatic N) is 1. The van der Waals surface area contributed by atoms with E-state index in [2.05, 4.69) is 10.5 Å². The lowest BCUT2D eigenvalue weighted by molar-refractivity contribution is 0.0698. The Labute approximate surface area is 98.1 Å². The Bertz CT molecular complexity index is 521. The molecule has 17 heavy (non-hydrogen) atoms. The number of aromatic carboxylic acids is 1. The average Bonchev–Trinajstić information content (AvgIpc) is 2.80. The van der Waals surface area contributed by atoms with Gasteiger partial charge in [0.2, 0.25) is 0 Å². The zero-order valence-corrected chi connectivity index (χ0v) is 9.30. The SMILES string of the molecule is Cc1ccc(NCc2ccon2)c(C(=O)O)c1. The fourth-order valence-electron chi connectivity index (χ4n) is 1.50. The van der Waals surface area contributed by atoms with Crippen molar-refractivity contribution in [3.8, 4) is 0 Å². The molecule has 2 rings (SSSR count). The standard InChI is InChI=1S/C12H12N2O3/c1-8-2-3-11(10(6-8)12(15)16)13-7-9-4-5-17-14-9/h2-6,13H,7H2,1H3,(H,15,16). The van der Waals surface area contributed by atoms with Crippen LogP contribution in [0, 0.1) is 6.92 Å². The van der Waals surface area contributed by atoms with E-state index in [9.17, 15) is 4.79 Å². The molecule has 1 heterocycles. The van der Waals surface area contributed by atoms with Crippen molar-refractivity contribution in [3.63, 3.8) is 0 Å². The summed E-state index contributed by atoms with van der Waals surface area (Å²) in [6.07, 6.45) is 1.48. The summed E-state index contributed by atoms with van der Waals surface area (Å²) in [5.41, 5.74) is 2.47. The van der Waals surface area contributed by atoms with Crippen molar-refractivity contribution < 1.29 is 14.4 Å². The second kappa shape index (κ2) is 4.69. The first-order valence-electron chi connectivity index (χ1n) is 5.14. The van der Waals surface area contributed by atoms with Gasteiger partial charge in [-0.15, -0.1) is 0 Å². The molecular weight excluding hydrogens is 220 g/mol. The van der Waals surface area contributed by atoms with E-state index in [4.69, 9.17) is 9.63 Å². The van der Waals surface area contributed by atoms with Crippen LogP contribution in [0.15, 0.2) is 35.1 Å². The maximum Gasteiger partial charge on any atom is 0.337 e. The van der Waals surface area contributed by atoms with Crippen LogP contribution in [0.4, 0.5) is 5.69 Å². The molecule has 5 nitrogen and oxygen atoms in total. The fraction of sp³-hybridized carbons (Fsp3) is 0.167. The highest BCUT2D eigenvalue weighted by atomic mass is 16.5. The highest BCUT2D eigenvalue weighted by Crippen LogP contribution is 2.18. The largest absolute Gasteiger partial charge is 0.478 e. The van der Waals surface area contributed by atoms with Gasteiger partial charge in [0.1, 0.15) is 12.0 Å². The molecule has 0 saturated heterocycles.